The minimum absolute atomic E-state index is 0.198. The quantitative estimate of drug-likeness (QED) is 0.902. The Morgan fingerprint density at radius 3 is 2.70 bits per heavy atom. The summed E-state index contributed by atoms with van der Waals surface area (Å²) in [4.78, 5) is 4.23. The lowest BCUT2D eigenvalue weighted by molar-refractivity contribution is 0.0746. The molecule has 0 saturated carbocycles. The highest BCUT2D eigenvalue weighted by atomic mass is 19.1. The maximum Gasteiger partial charge on any atom is 0.149 e. The normalized spacial score (nSPS) is 13.5. The van der Waals surface area contributed by atoms with Gasteiger partial charge < -0.3 is 10.4 Å². The van der Waals surface area contributed by atoms with Gasteiger partial charge in [-0.1, -0.05) is 32.9 Å². The second-order valence-corrected chi connectivity index (χ2v) is 6.21. The topological polar surface area (TPSA) is 45.1 Å². The highest BCUT2D eigenvalue weighted by molar-refractivity contribution is 5.91. The summed E-state index contributed by atoms with van der Waals surface area (Å²) >= 11 is 0. The van der Waals surface area contributed by atoms with Gasteiger partial charge in [-0.15, -0.1) is 0 Å². The van der Waals surface area contributed by atoms with E-state index in [1.807, 2.05) is 39.8 Å². The van der Waals surface area contributed by atoms with E-state index in [-0.39, 0.29) is 11.2 Å². The summed E-state index contributed by atoms with van der Waals surface area (Å²) in [5.74, 6) is -0.328. The molecular weight excluding hydrogens is 255 g/mol. The number of halogens is 1. The molecule has 0 fully saturated rings. The van der Waals surface area contributed by atoms with E-state index in [1.165, 1.54) is 6.07 Å². The van der Waals surface area contributed by atoms with E-state index >= 15 is 0 Å². The molecule has 0 spiro atoms. The van der Waals surface area contributed by atoms with Gasteiger partial charge in [-0.05, 0) is 24.5 Å². The monoisotopic (exact) mass is 276 g/mol. The van der Waals surface area contributed by atoms with Crippen molar-refractivity contribution in [2.24, 2.45) is 5.41 Å². The summed E-state index contributed by atoms with van der Waals surface area (Å²) in [6.45, 7) is 8.19. The van der Waals surface area contributed by atoms with E-state index in [0.717, 1.165) is 16.8 Å². The van der Waals surface area contributed by atoms with E-state index in [2.05, 4.69) is 10.3 Å². The maximum absolute atomic E-state index is 13.8. The van der Waals surface area contributed by atoms with Crippen molar-refractivity contribution in [1.82, 2.24) is 4.98 Å². The number of hydrogen-bond acceptors (Lipinski definition) is 3. The SMILES string of the molecule is Cc1cc(NCC(O)C(C)(C)C)c2cccc(F)c2n1. The molecule has 0 aliphatic carbocycles. The van der Waals surface area contributed by atoms with E-state index in [1.54, 1.807) is 6.07 Å². The number of nitrogens with one attached hydrogen (secondary N) is 1. The molecule has 2 N–H and O–H groups in total. The standard InChI is InChI=1S/C16H21FN2O/c1-10-8-13(18-9-14(20)16(2,3)4)11-6-5-7-12(17)15(11)19-10/h5-8,14,20H,9H2,1-4H3,(H,18,19). The van der Waals surface area contributed by atoms with E-state index in [9.17, 15) is 9.50 Å². The first kappa shape index (κ1) is 14.7. The summed E-state index contributed by atoms with van der Waals surface area (Å²) in [7, 11) is 0. The number of pyridine rings is 1. The molecule has 2 aromatic rings. The molecule has 0 aliphatic heterocycles. The van der Waals surface area contributed by atoms with Crippen LogP contribution in [0.15, 0.2) is 24.3 Å². The average Bonchev–Trinajstić information content (AvgIpc) is 2.35. The number of para-hydroxylation sites is 1. The number of aryl methyl sites for hydroxylation is 1. The summed E-state index contributed by atoms with van der Waals surface area (Å²) in [6.07, 6.45) is -0.486. The third-order valence-electron chi connectivity index (χ3n) is 3.40. The fourth-order valence-corrected chi connectivity index (χ4v) is 2.00. The van der Waals surface area contributed by atoms with Crippen molar-refractivity contribution in [3.05, 3.63) is 35.8 Å². The van der Waals surface area contributed by atoms with Crippen LogP contribution in [0.3, 0.4) is 0 Å². The minimum atomic E-state index is -0.486. The molecule has 108 valence electrons. The molecule has 0 aliphatic rings. The number of fused-ring (bicyclic) bond motifs is 1. The van der Waals surface area contributed by atoms with Crippen molar-refractivity contribution >= 4 is 16.6 Å². The zero-order valence-electron chi connectivity index (χ0n) is 12.4. The number of anilines is 1. The fourth-order valence-electron chi connectivity index (χ4n) is 2.00. The van der Waals surface area contributed by atoms with Crippen molar-refractivity contribution in [1.29, 1.82) is 0 Å². The zero-order valence-corrected chi connectivity index (χ0v) is 12.4. The molecule has 1 aromatic carbocycles. The number of rotatable bonds is 3. The number of aliphatic hydroxyl groups is 1. The first-order chi connectivity index (χ1) is 9.29. The summed E-state index contributed by atoms with van der Waals surface area (Å²) in [6, 6.07) is 6.77. The van der Waals surface area contributed by atoms with Gasteiger partial charge >= 0.3 is 0 Å². The van der Waals surface area contributed by atoms with Crippen LogP contribution in [0.4, 0.5) is 10.1 Å². The van der Waals surface area contributed by atoms with Crippen LogP contribution >= 0.6 is 0 Å². The second kappa shape index (κ2) is 5.37. The average molecular weight is 276 g/mol. The molecule has 1 unspecified atom stereocenters. The fraction of sp³-hybridized carbons (Fsp3) is 0.438. The molecule has 20 heavy (non-hydrogen) atoms. The van der Waals surface area contributed by atoms with Crippen LogP contribution in [0.5, 0.6) is 0 Å². The van der Waals surface area contributed by atoms with E-state index in [4.69, 9.17) is 0 Å². The van der Waals surface area contributed by atoms with Gasteiger partial charge in [0.05, 0.1) is 6.10 Å². The van der Waals surface area contributed by atoms with Crippen molar-refractivity contribution in [2.75, 3.05) is 11.9 Å². The van der Waals surface area contributed by atoms with Gasteiger partial charge in [-0.3, -0.25) is 0 Å². The first-order valence-corrected chi connectivity index (χ1v) is 6.77. The number of nitrogens with zero attached hydrogens (tertiary/aromatic N) is 1. The minimum Gasteiger partial charge on any atom is -0.391 e. The highest BCUT2D eigenvalue weighted by Gasteiger charge is 2.22. The zero-order chi connectivity index (χ0) is 14.9. The van der Waals surface area contributed by atoms with Crippen LogP contribution in [0.2, 0.25) is 0 Å². The second-order valence-electron chi connectivity index (χ2n) is 6.21. The molecule has 1 heterocycles. The Balaban J connectivity index is 2.33. The lowest BCUT2D eigenvalue weighted by Crippen LogP contribution is -2.32. The molecule has 0 saturated heterocycles. The van der Waals surface area contributed by atoms with Crippen molar-refractivity contribution in [3.63, 3.8) is 0 Å². The molecule has 1 aromatic heterocycles. The Bertz CT molecular complexity index is 620. The van der Waals surface area contributed by atoms with Crippen LogP contribution < -0.4 is 5.32 Å². The lowest BCUT2D eigenvalue weighted by atomic mass is 9.89. The number of aromatic nitrogens is 1. The molecule has 0 bridgehead atoms. The van der Waals surface area contributed by atoms with Gasteiger partial charge in [0.1, 0.15) is 11.3 Å². The predicted octanol–water partition coefficient (Wildman–Crippen LogP) is 3.50. The van der Waals surface area contributed by atoms with Gasteiger partial charge in [0.2, 0.25) is 0 Å². The van der Waals surface area contributed by atoms with Gasteiger partial charge in [0.25, 0.3) is 0 Å². The Morgan fingerprint density at radius 2 is 2.05 bits per heavy atom. The van der Waals surface area contributed by atoms with Gasteiger partial charge in [-0.25, -0.2) is 9.37 Å². The van der Waals surface area contributed by atoms with Crippen LogP contribution in [-0.2, 0) is 0 Å². The summed E-state index contributed by atoms with van der Waals surface area (Å²) < 4.78 is 13.8. The maximum atomic E-state index is 13.8. The third-order valence-corrected chi connectivity index (χ3v) is 3.40. The van der Waals surface area contributed by atoms with Gasteiger partial charge in [0.15, 0.2) is 0 Å². The summed E-state index contributed by atoms with van der Waals surface area (Å²) in [5.41, 5.74) is 1.71. The summed E-state index contributed by atoms with van der Waals surface area (Å²) in [5, 5.41) is 14.0. The molecule has 0 amide bonds. The smallest absolute Gasteiger partial charge is 0.149 e. The molecule has 4 heteroatoms. The van der Waals surface area contributed by atoms with Crippen LogP contribution in [0.1, 0.15) is 26.5 Å². The van der Waals surface area contributed by atoms with Gasteiger partial charge in [-0.2, -0.15) is 0 Å². The first-order valence-electron chi connectivity index (χ1n) is 6.77. The number of benzene rings is 1. The van der Waals surface area contributed by atoms with E-state index in [0.29, 0.717) is 12.1 Å². The predicted molar refractivity (Wildman–Crippen MR) is 80.4 cm³/mol. The number of hydrogen-bond donors (Lipinski definition) is 2. The Morgan fingerprint density at radius 1 is 1.35 bits per heavy atom. The Kier molecular flexibility index (Phi) is 3.95. The molecule has 0 radical (unpaired) electrons. The Labute approximate surface area is 118 Å². The Hall–Kier alpha value is -1.68. The van der Waals surface area contributed by atoms with Crippen LogP contribution in [0.25, 0.3) is 10.9 Å². The van der Waals surface area contributed by atoms with Crippen LogP contribution in [-0.4, -0.2) is 22.7 Å². The molecular formula is C16H21FN2O. The van der Waals surface area contributed by atoms with E-state index < -0.39 is 6.10 Å². The van der Waals surface area contributed by atoms with Gasteiger partial charge in [0, 0.05) is 23.3 Å². The van der Waals surface area contributed by atoms with Crippen LogP contribution in [0, 0.1) is 18.2 Å². The molecule has 3 nitrogen and oxygen atoms in total. The van der Waals surface area contributed by atoms with Crippen molar-refractivity contribution < 1.29 is 9.50 Å². The molecule has 2 rings (SSSR count). The lowest BCUT2D eigenvalue weighted by Gasteiger charge is -2.26. The molecule has 1 atom stereocenters. The highest BCUT2D eigenvalue weighted by Crippen LogP contribution is 2.26. The third kappa shape index (κ3) is 3.07. The van der Waals surface area contributed by atoms with Crippen molar-refractivity contribution in [2.45, 2.75) is 33.8 Å². The number of aliphatic hydroxyl groups excluding tert-OH is 1. The van der Waals surface area contributed by atoms with Crippen molar-refractivity contribution in [3.8, 4) is 0 Å². The largest absolute Gasteiger partial charge is 0.391 e.